The first kappa shape index (κ1) is 21.6. The molecule has 1 aliphatic rings. The Morgan fingerprint density at radius 3 is 2.55 bits per heavy atom. The van der Waals surface area contributed by atoms with Gasteiger partial charge in [-0.15, -0.1) is 0 Å². The molecule has 156 valence electrons. The van der Waals surface area contributed by atoms with E-state index in [1.54, 1.807) is 25.5 Å². The molecule has 29 heavy (non-hydrogen) atoms. The van der Waals surface area contributed by atoms with Crippen molar-refractivity contribution in [3.05, 3.63) is 52.3 Å². The zero-order chi connectivity index (χ0) is 20.6. The minimum Gasteiger partial charge on any atom is -0.355 e. The highest BCUT2D eigenvalue weighted by Crippen LogP contribution is 2.25. The van der Waals surface area contributed by atoms with Crippen LogP contribution in [0.25, 0.3) is 0 Å². The number of halogens is 2. The van der Waals surface area contributed by atoms with Crippen LogP contribution in [0.2, 0.25) is 10.0 Å². The highest BCUT2D eigenvalue weighted by atomic mass is 35.5. The van der Waals surface area contributed by atoms with Gasteiger partial charge in [-0.3, -0.25) is 9.89 Å². The third-order valence-corrected chi connectivity index (χ3v) is 5.50. The third kappa shape index (κ3) is 6.19. The van der Waals surface area contributed by atoms with Gasteiger partial charge in [-0.2, -0.15) is 0 Å². The lowest BCUT2D eigenvalue weighted by Crippen LogP contribution is -2.49. The summed E-state index contributed by atoms with van der Waals surface area (Å²) in [5.41, 5.74) is 0.985. The van der Waals surface area contributed by atoms with E-state index >= 15 is 0 Å². The van der Waals surface area contributed by atoms with Crippen LogP contribution in [-0.2, 0) is 0 Å². The van der Waals surface area contributed by atoms with Crippen LogP contribution in [0, 0.1) is 0 Å². The van der Waals surface area contributed by atoms with E-state index in [0.29, 0.717) is 10.0 Å². The average molecular weight is 436 g/mol. The maximum Gasteiger partial charge on any atom is 0.225 e. The van der Waals surface area contributed by atoms with Crippen LogP contribution in [0.15, 0.2) is 41.7 Å². The van der Waals surface area contributed by atoms with Gasteiger partial charge in [0.05, 0.1) is 6.04 Å². The van der Waals surface area contributed by atoms with E-state index in [1.807, 2.05) is 25.1 Å². The van der Waals surface area contributed by atoms with Crippen LogP contribution >= 0.6 is 23.2 Å². The van der Waals surface area contributed by atoms with Crippen molar-refractivity contribution in [1.29, 1.82) is 0 Å². The monoisotopic (exact) mass is 435 g/mol. The molecule has 1 unspecified atom stereocenters. The number of anilines is 1. The van der Waals surface area contributed by atoms with Gasteiger partial charge in [0.15, 0.2) is 5.96 Å². The fraction of sp³-hybridized carbons (Fsp3) is 0.450. The zero-order valence-corrected chi connectivity index (χ0v) is 18.3. The van der Waals surface area contributed by atoms with Crippen molar-refractivity contribution in [2.45, 2.75) is 13.0 Å². The average Bonchev–Trinajstić information content (AvgIpc) is 2.74. The van der Waals surface area contributed by atoms with Crippen molar-refractivity contribution < 1.29 is 0 Å². The minimum atomic E-state index is 0.0142. The molecule has 2 heterocycles. The maximum absolute atomic E-state index is 6.31. The van der Waals surface area contributed by atoms with E-state index in [-0.39, 0.29) is 6.04 Å². The van der Waals surface area contributed by atoms with E-state index in [9.17, 15) is 0 Å². The summed E-state index contributed by atoms with van der Waals surface area (Å²) < 4.78 is 0. The van der Waals surface area contributed by atoms with Crippen molar-refractivity contribution in [2.24, 2.45) is 4.99 Å². The molecule has 2 aromatic rings. The normalized spacial score (nSPS) is 16.6. The summed E-state index contributed by atoms with van der Waals surface area (Å²) in [6, 6.07) is 7.39. The van der Waals surface area contributed by atoms with Gasteiger partial charge in [-0.05, 0) is 30.7 Å². The summed E-state index contributed by atoms with van der Waals surface area (Å²) in [6.45, 7) is 7.65. The molecular weight excluding hydrogens is 409 g/mol. The summed E-state index contributed by atoms with van der Waals surface area (Å²) in [7, 11) is 1.77. The van der Waals surface area contributed by atoms with Gasteiger partial charge in [-0.1, -0.05) is 29.3 Å². The van der Waals surface area contributed by atoms with Crippen molar-refractivity contribution in [3.63, 3.8) is 0 Å². The van der Waals surface area contributed by atoms with Crippen molar-refractivity contribution in [1.82, 2.24) is 25.5 Å². The van der Waals surface area contributed by atoms with E-state index in [4.69, 9.17) is 23.2 Å². The molecule has 0 spiro atoms. The van der Waals surface area contributed by atoms with Gasteiger partial charge in [0.2, 0.25) is 5.95 Å². The molecule has 1 saturated heterocycles. The molecule has 1 aromatic carbocycles. The molecule has 2 N–H and O–H groups in total. The summed E-state index contributed by atoms with van der Waals surface area (Å²) in [4.78, 5) is 17.6. The second-order valence-electron chi connectivity index (χ2n) is 6.91. The number of nitrogens with zero attached hydrogens (tertiary/aromatic N) is 5. The molecule has 0 aliphatic carbocycles. The SMILES string of the molecule is CN=C(NCCN1CCN(c2ncccn2)CC1)NC(C)c1ccc(Cl)cc1Cl. The lowest BCUT2D eigenvalue weighted by atomic mass is 10.1. The molecule has 1 fully saturated rings. The van der Waals surface area contributed by atoms with Crippen LogP contribution in [0.3, 0.4) is 0 Å². The Kier molecular flexibility index (Phi) is 7.91. The molecule has 9 heteroatoms. The lowest BCUT2D eigenvalue weighted by Gasteiger charge is -2.34. The number of aliphatic imine (C=N–C) groups is 1. The smallest absolute Gasteiger partial charge is 0.225 e. The number of hydrogen-bond donors (Lipinski definition) is 2. The van der Waals surface area contributed by atoms with Crippen LogP contribution in [0.4, 0.5) is 5.95 Å². The molecule has 1 aliphatic heterocycles. The van der Waals surface area contributed by atoms with Gasteiger partial charge in [0.1, 0.15) is 0 Å². The van der Waals surface area contributed by atoms with Crippen molar-refractivity contribution >= 4 is 35.1 Å². The first-order valence-electron chi connectivity index (χ1n) is 9.73. The predicted molar refractivity (Wildman–Crippen MR) is 120 cm³/mol. The fourth-order valence-electron chi connectivity index (χ4n) is 3.29. The molecule has 3 rings (SSSR count). The zero-order valence-electron chi connectivity index (χ0n) is 16.8. The highest BCUT2D eigenvalue weighted by molar-refractivity contribution is 6.35. The number of guanidine groups is 1. The molecule has 1 aromatic heterocycles. The van der Waals surface area contributed by atoms with Crippen LogP contribution < -0.4 is 15.5 Å². The maximum atomic E-state index is 6.31. The van der Waals surface area contributed by atoms with Gasteiger partial charge < -0.3 is 15.5 Å². The molecule has 0 amide bonds. The number of aromatic nitrogens is 2. The topological polar surface area (TPSA) is 68.7 Å². The predicted octanol–water partition coefficient (Wildman–Crippen LogP) is 2.83. The van der Waals surface area contributed by atoms with Gasteiger partial charge >= 0.3 is 0 Å². The Hall–Kier alpha value is -2.09. The van der Waals surface area contributed by atoms with Crippen LogP contribution in [-0.4, -0.2) is 67.1 Å². The Morgan fingerprint density at radius 2 is 1.90 bits per heavy atom. The number of hydrogen-bond acceptors (Lipinski definition) is 5. The van der Waals surface area contributed by atoms with E-state index < -0.39 is 0 Å². The first-order valence-corrected chi connectivity index (χ1v) is 10.5. The van der Waals surface area contributed by atoms with Gasteiger partial charge in [0, 0.05) is 68.8 Å². The second kappa shape index (κ2) is 10.6. The van der Waals surface area contributed by atoms with E-state index in [0.717, 1.165) is 56.7 Å². The highest BCUT2D eigenvalue weighted by Gasteiger charge is 2.18. The molecule has 0 radical (unpaired) electrons. The number of rotatable bonds is 6. The molecule has 0 bridgehead atoms. The fourth-order valence-corrected chi connectivity index (χ4v) is 3.86. The minimum absolute atomic E-state index is 0.0142. The third-order valence-electron chi connectivity index (χ3n) is 4.93. The number of piperazine rings is 1. The summed E-state index contributed by atoms with van der Waals surface area (Å²) in [5.74, 6) is 1.56. The van der Waals surface area contributed by atoms with E-state index in [1.165, 1.54) is 0 Å². The quantitative estimate of drug-likeness (QED) is 0.536. The molecule has 0 saturated carbocycles. The van der Waals surface area contributed by atoms with Gasteiger partial charge in [-0.25, -0.2) is 9.97 Å². The lowest BCUT2D eigenvalue weighted by molar-refractivity contribution is 0.260. The largest absolute Gasteiger partial charge is 0.355 e. The Balaban J connectivity index is 1.41. The van der Waals surface area contributed by atoms with Crippen LogP contribution in [0.1, 0.15) is 18.5 Å². The number of nitrogens with one attached hydrogen (secondary N) is 2. The van der Waals surface area contributed by atoms with Crippen molar-refractivity contribution in [2.75, 3.05) is 51.2 Å². The van der Waals surface area contributed by atoms with Crippen LogP contribution in [0.5, 0.6) is 0 Å². The molecule has 7 nitrogen and oxygen atoms in total. The first-order chi connectivity index (χ1) is 14.1. The second-order valence-corrected chi connectivity index (χ2v) is 7.75. The Labute approximate surface area is 182 Å². The number of benzene rings is 1. The van der Waals surface area contributed by atoms with Crippen molar-refractivity contribution in [3.8, 4) is 0 Å². The molecular formula is C20H27Cl2N7. The standard InChI is InChI=1S/C20H27Cl2N7/c1-15(17-5-4-16(21)14-18(17)22)27-19(23-2)24-8-9-28-10-12-29(13-11-28)20-25-6-3-7-26-20/h3-7,14-15H,8-13H2,1-2H3,(H2,23,24,27). The summed E-state index contributed by atoms with van der Waals surface area (Å²) in [6.07, 6.45) is 3.57. The van der Waals surface area contributed by atoms with Gasteiger partial charge in [0.25, 0.3) is 0 Å². The summed E-state index contributed by atoms with van der Waals surface area (Å²) >= 11 is 12.3. The molecule has 1 atom stereocenters. The van der Waals surface area contributed by atoms with E-state index in [2.05, 4.69) is 35.4 Å². The Bertz CT molecular complexity index is 808. The summed E-state index contributed by atoms with van der Waals surface area (Å²) in [5, 5.41) is 8.04. The Morgan fingerprint density at radius 1 is 1.17 bits per heavy atom.